The molecule has 2 rings (SSSR count). The van der Waals surface area contributed by atoms with E-state index < -0.39 is 11.7 Å². The molecular formula is C20H23F3N2O. The van der Waals surface area contributed by atoms with Crippen LogP contribution in [0.2, 0.25) is 0 Å². The van der Waals surface area contributed by atoms with Crippen molar-refractivity contribution < 1.29 is 18.0 Å². The van der Waals surface area contributed by atoms with Crippen LogP contribution in [-0.2, 0) is 12.7 Å². The fourth-order valence-electron chi connectivity index (χ4n) is 2.48. The van der Waals surface area contributed by atoms with Gasteiger partial charge in [0, 0.05) is 18.3 Å². The van der Waals surface area contributed by atoms with E-state index in [1.807, 2.05) is 45.0 Å². The van der Waals surface area contributed by atoms with Gasteiger partial charge in [-0.1, -0.05) is 36.8 Å². The molecule has 0 aliphatic heterocycles. The summed E-state index contributed by atoms with van der Waals surface area (Å²) in [7, 11) is 0. The summed E-state index contributed by atoms with van der Waals surface area (Å²) in [5.74, 6) is 0. The van der Waals surface area contributed by atoms with E-state index in [4.69, 9.17) is 0 Å². The second-order valence-corrected chi connectivity index (χ2v) is 6.38. The van der Waals surface area contributed by atoms with E-state index in [-0.39, 0.29) is 18.6 Å². The Balaban J connectivity index is 2.13. The van der Waals surface area contributed by atoms with Crippen molar-refractivity contribution in [3.63, 3.8) is 0 Å². The Morgan fingerprint density at radius 1 is 1.08 bits per heavy atom. The normalized spacial score (nSPS) is 12.5. The summed E-state index contributed by atoms with van der Waals surface area (Å²) < 4.78 is 38.1. The zero-order valence-electron chi connectivity index (χ0n) is 15.1. The number of rotatable bonds is 5. The molecule has 2 aromatic rings. The molecule has 0 radical (unpaired) electrons. The van der Waals surface area contributed by atoms with Gasteiger partial charge in [-0.2, -0.15) is 13.2 Å². The Labute approximate surface area is 151 Å². The lowest BCUT2D eigenvalue weighted by Crippen LogP contribution is -2.40. The van der Waals surface area contributed by atoms with E-state index in [0.717, 1.165) is 24.1 Å². The SMILES string of the molecule is CCC(C)N(Cc1ccc(C(F)(F)F)cc1)C(=O)Nc1ccc(C)cc1. The van der Waals surface area contributed by atoms with Crippen molar-refractivity contribution in [2.24, 2.45) is 0 Å². The number of carbonyl (C=O) groups is 1. The summed E-state index contributed by atoms with van der Waals surface area (Å²) in [6, 6.07) is 12.0. The Morgan fingerprint density at radius 2 is 1.65 bits per heavy atom. The molecule has 140 valence electrons. The monoisotopic (exact) mass is 364 g/mol. The third-order valence-corrected chi connectivity index (χ3v) is 4.32. The van der Waals surface area contributed by atoms with Crippen LogP contribution in [0.4, 0.5) is 23.7 Å². The highest BCUT2D eigenvalue weighted by Crippen LogP contribution is 2.29. The zero-order chi connectivity index (χ0) is 19.3. The lowest BCUT2D eigenvalue weighted by Gasteiger charge is -2.29. The van der Waals surface area contributed by atoms with Crippen LogP contribution in [0.25, 0.3) is 0 Å². The van der Waals surface area contributed by atoms with E-state index >= 15 is 0 Å². The maximum absolute atomic E-state index is 12.7. The first-order chi connectivity index (χ1) is 12.2. The number of aryl methyl sites for hydroxylation is 1. The molecule has 2 aromatic carbocycles. The van der Waals surface area contributed by atoms with Gasteiger partial charge < -0.3 is 10.2 Å². The van der Waals surface area contributed by atoms with Crippen molar-refractivity contribution in [2.45, 2.75) is 46.0 Å². The van der Waals surface area contributed by atoms with Gasteiger partial charge in [-0.15, -0.1) is 0 Å². The molecule has 1 unspecified atom stereocenters. The van der Waals surface area contributed by atoms with Gasteiger partial charge in [0.05, 0.1) is 5.56 Å². The quantitative estimate of drug-likeness (QED) is 0.709. The summed E-state index contributed by atoms with van der Waals surface area (Å²) in [4.78, 5) is 14.3. The van der Waals surface area contributed by atoms with Gasteiger partial charge in [0.15, 0.2) is 0 Å². The van der Waals surface area contributed by atoms with Gasteiger partial charge in [-0.05, 0) is 50.1 Å². The number of nitrogens with zero attached hydrogens (tertiary/aromatic N) is 1. The third-order valence-electron chi connectivity index (χ3n) is 4.32. The number of anilines is 1. The van der Waals surface area contributed by atoms with E-state index in [2.05, 4.69) is 5.32 Å². The zero-order valence-corrected chi connectivity index (χ0v) is 15.1. The van der Waals surface area contributed by atoms with Crippen LogP contribution in [0, 0.1) is 6.92 Å². The molecule has 1 atom stereocenters. The van der Waals surface area contributed by atoms with Crippen LogP contribution in [0.1, 0.15) is 37.0 Å². The molecule has 0 saturated carbocycles. The molecule has 6 heteroatoms. The molecule has 2 amide bonds. The van der Waals surface area contributed by atoms with Crippen molar-refractivity contribution in [3.8, 4) is 0 Å². The molecule has 0 aliphatic rings. The van der Waals surface area contributed by atoms with Crippen LogP contribution in [0.3, 0.4) is 0 Å². The number of nitrogens with one attached hydrogen (secondary N) is 1. The van der Waals surface area contributed by atoms with Crippen LogP contribution < -0.4 is 5.32 Å². The number of hydrogen-bond donors (Lipinski definition) is 1. The van der Waals surface area contributed by atoms with Gasteiger partial charge in [0.2, 0.25) is 0 Å². The minimum absolute atomic E-state index is 0.0530. The molecule has 0 bridgehead atoms. The molecule has 0 aliphatic carbocycles. The number of carbonyl (C=O) groups excluding carboxylic acids is 1. The minimum Gasteiger partial charge on any atom is -0.318 e. The van der Waals surface area contributed by atoms with Crippen LogP contribution in [-0.4, -0.2) is 17.0 Å². The van der Waals surface area contributed by atoms with Crippen molar-refractivity contribution in [1.29, 1.82) is 0 Å². The summed E-state index contributed by atoms with van der Waals surface area (Å²) >= 11 is 0. The number of urea groups is 1. The molecule has 26 heavy (non-hydrogen) atoms. The molecule has 1 N–H and O–H groups in total. The molecule has 0 heterocycles. The van der Waals surface area contributed by atoms with Gasteiger partial charge >= 0.3 is 12.2 Å². The Bertz CT molecular complexity index is 724. The summed E-state index contributed by atoms with van der Waals surface area (Å²) in [6.07, 6.45) is -3.63. The summed E-state index contributed by atoms with van der Waals surface area (Å²) in [5.41, 5.74) is 1.73. The molecule has 3 nitrogen and oxygen atoms in total. The van der Waals surface area contributed by atoms with Crippen LogP contribution in [0.15, 0.2) is 48.5 Å². The second-order valence-electron chi connectivity index (χ2n) is 6.38. The Hall–Kier alpha value is -2.50. The first-order valence-corrected chi connectivity index (χ1v) is 8.51. The predicted molar refractivity (Wildman–Crippen MR) is 96.9 cm³/mol. The fourth-order valence-corrected chi connectivity index (χ4v) is 2.48. The lowest BCUT2D eigenvalue weighted by molar-refractivity contribution is -0.137. The number of alkyl halides is 3. The van der Waals surface area contributed by atoms with Gasteiger partial charge in [-0.3, -0.25) is 0 Å². The van der Waals surface area contributed by atoms with E-state index in [1.165, 1.54) is 12.1 Å². The number of amides is 2. The number of halogens is 3. The first kappa shape index (κ1) is 19.8. The van der Waals surface area contributed by atoms with E-state index in [1.54, 1.807) is 4.90 Å². The lowest BCUT2D eigenvalue weighted by atomic mass is 10.1. The van der Waals surface area contributed by atoms with Crippen molar-refractivity contribution >= 4 is 11.7 Å². The average molecular weight is 364 g/mol. The molecule has 0 aromatic heterocycles. The largest absolute Gasteiger partial charge is 0.416 e. The third kappa shape index (κ3) is 5.25. The van der Waals surface area contributed by atoms with Gasteiger partial charge in [0.1, 0.15) is 0 Å². The fraction of sp³-hybridized carbons (Fsp3) is 0.350. The van der Waals surface area contributed by atoms with Crippen molar-refractivity contribution in [1.82, 2.24) is 4.90 Å². The van der Waals surface area contributed by atoms with Gasteiger partial charge in [0.25, 0.3) is 0 Å². The molecule has 0 fully saturated rings. The molecule has 0 saturated heterocycles. The van der Waals surface area contributed by atoms with Crippen LogP contribution in [0.5, 0.6) is 0 Å². The van der Waals surface area contributed by atoms with E-state index in [0.29, 0.717) is 11.3 Å². The standard InChI is InChI=1S/C20H23F3N2O/c1-4-15(3)25(19(26)24-18-11-5-14(2)6-12-18)13-16-7-9-17(10-8-16)20(21,22)23/h5-12,15H,4,13H2,1-3H3,(H,24,26). The molecule has 0 spiro atoms. The number of benzene rings is 2. The highest BCUT2D eigenvalue weighted by molar-refractivity contribution is 5.89. The maximum Gasteiger partial charge on any atom is 0.416 e. The first-order valence-electron chi connectivity index (χ1n) is 8.51. The Morgan fingerprint density at radius 3 is 2.15 bits per heavy atom. The topological polar surface area (TPSA) is 32.3 Å². The highest BCUT2D eigenvalue weighted by Gasteiger charge is 2.30. The predicted octanol–water partition coefficient (Wildman–Crippen LogP) is 5.85. The summed E-state index contributed by atoms with van der Waals surface area (Å²) in [6.45, 7) is 6.08. The van der Waals surface area contributed by atoms with Crippen LogP contribution >= 0.6 is 0 Å². The maximum atomic E-state index is 12.7. The smallest absolute Gasteiger partial charge is 0.318 e. The highest BCUT2D eigenvalue weighted by atomic mass is 19.4. The average Bonchev–Trinajstić information content (AvgIpc) is 2.60. The number of hydrogen-bond acceptors (Lipinski definition) is 1. The summed E-state index contributed by atoms with van der Waals surface area (Å²) in [5, 5.41) is 2.85. The second kappa shape index (κ2) is 8.25. The van der Waals surface area contributed by atoms with Gasteiger partial charge in [-0.25, -0.2) is 4.79 Å². The van der Waals surface area contributed by atoms with Crippen molar-refractivity contribution in [2.75, 3.05) is 5.32 Å². The Kier molecular flexibility index (Phi) is 6.29. The minimum atomic E-state index is -4.36. The van der Waals surface area contributed by atoms with Crippen molar-refractivity contribution in [3.05, 3.63) is 65.2 Å². The molecular weight excluding hydrogens is 341 g/mol. The van der Waals surface area contributed by atoms with E-state index in [9.17, 15) is 18.0 Å².